The van der Waals surface area contributed by atoms with Crippen molar-refractivity contribution in [3.05, 3.63) is 0 Å². The Morgan fingerprint density at radius 2 is 2.31 bits per heavy atom. The van der Waals surface area contributed by atoms with Crippen molar-refractivity contribution < 1.29 is 9.53 Å². The summed E-state index contributed by atoms with van der Waals surface area (Å²) in [6.07, 6.45) is 0.0468. The number of hydrogen-bond donors (Lipinski definition) is 2. The van der Waals surface area contributed by atoms with E-state index in [1.807, 2.05) is 0 Å². The molecule has 1 fully saturated rings. The summed E-state index contributed by atoms with van der Waals surface area (Å²) in [5, 5.41) is 6.09. The molecule has 1 heterocycles. The van der Waals surface area contributed by atoms with Crippen molar-refractivity contribution in [3.63, 3.8) is 0 Å². The van der Waals surface area contributed by atoms with E-state index >= 15 is 0 Å². The third-order valence-corrected chi connectivity index (χ3v) is 3.68. The molecule has 0 aromatic rings. The lowest BCUT2D eigenvalue weighted by atomic mass is 9.89. The minimum absolute atomic E-state index is 0.0394. The molecule has 0 unspecified atom stereocenters. The number of amides is 1. The van der Waals surface area contributed by atoms with Crippen LogP contribution in [0.1, 0.15) is 20.8 Å². The molecule has 2 N–H and O–H groups in total. The highest BCUT2D eigenvalue weighted by molar-refractivity contribution is 7.99. The molecule has 0 saturated carbocycles. The topological polar surface area (TPSA) is 50.4 Å². The Balaban J connectivity index is 2.34. The zero-order chi connectivity index (χ0) is 12.2. The number of methoxy groups -OCH3 is 1. The van der Waals surface area contributed by atoms with E-state index < -0.39 is 0 Å². The van der Waals surface area contributed by atoms with Crippen molar-refractivity contribution in [2.45, 2.75) is 32.9 Å². The molecule has 2 atom stereocenters. The van der Waals surface area contributed by atoms with Crippen LogP contribution in [0.3, 0.4) is 0 Å². The molecule has 0 bridgehead atoms. The van der Waals surface area contributed by atoms with Crippen molar-refractivity contribution in [2.24, 2.45) is 5.41 Å². The van der Waals surface area contributed by atoms with Crippen molar-refractivity contribution in [1.82, 2.24) is 10.6 Å². The zero-order valence-corrected chi connectivity index (χ0v) is 11.3. The standard InChI is InChI=1S/C11H22N2O2S/c1-11(2,3)9(15-4)5-12-10(14)8-6-16-7-13-8/h8-9,13H,5-7H2,1-4H3,(H,12,14)/t8-,9-/m0/s1. The summed E-state index contributed by atoms with van der Waals surface area (Å²) >= 11 is 1.75. The van der Waals surface area contributed by atoms with E-state index in [1.54, 1.807) is 18.9 Å². The van der Waals surface area contributed by atoms with Gasteiger partial charge in [-0.25, -0.2) is 0 Å². The van der Waals surface area contributed by atoms with Gasteiger partial charge in [0.2, 0.25) is 5.91 Å². The van der Waals surface area contributed by atoms with Gasteiger partial charge in [-0.3, -0.25) is 10.1 Å². The summed E-state index contributed by atoms with van der Waals surface area (Å²) in [4.78, 5) is 11.8. The van der Waals surface area contributed by atoms with Gasteiger partial charge in [0.05, 0.1) is 12.1 Å². The van der Waals surface area contributed by atoms with Crippen LogP contribution in [0.25, 0.3) is 0 Å². The zero-order valence-electron chi connectivity index (χ0n) is 10.5. The van der Waals surface area contributed by atoms with E-state index in [0.717, 1.165) is 11.6 Å². The van der Waals surface area contributed by atoms with E-state index in [0.29, 0.717) is 6.54 Å². The highest BCUT2D eigenvalue weighted by Gasteiger charge is 2.27. The first kappa shape index (κ1) is 13.8. The summed E-state index contributed by atoms with van der Waals surface area (Å²) in [5.41, 5.74) is 0.0416. The molecule has 5 heteroatoms. The summed E-state index contributed by atoms with van der Waals surface area (Å²) in [7, 11) is 1.69. The molecule has 1 amide bonds. The molecular formula is C11H22N2O2S. The van der Waals surface area contributed by atoms with Gasteiger partial charge in [-0.2, -0.15) is 0 Å². The van der Waals surface area contributed by atoms with Gasteiger partial charge in [-0.15, -0.1) is 11.8 Å². The van der Waals surface area contributed by atoms with Crippen LogP contribution in [0.4, 0.5) is 0 Å². The van der Waals surface area contributed by atoms with Gasteiger partial charge in [0.15, 0.2) is 0 Å². The average molecular weight is 246 g/mol. The van der Waals surface area contributed by atoms with Gasteiger partial charge in [0.1, 0.15) is 0 Å². The third kappa shape index (κ3) is 3.96. The van der Waals surface area contributed by atoms with E-state index in [1.165, 1.54) is 0 Å². The van der Waals surface area contributed by atoms with Crippen molar-refractivity contribution >= 4 is 17.7 Å². The summed E-state index contributed by atoms with van der Waals surface area (Å²) < 4.78 is 5.39. The Kier molecular flexibility index (Phi) is 5.08. The smallest absolute Gasteiger partial charge is 0.238 e. The second-order valence-electron chi connectivity index (χ2n) is 5.11. The van der Waals surface area contributed by atoms with Crippen molar-refractivity contribution in [2.75, 3.05) is 25.3 Å². The van der Waals surface area contributed by atoms with Gasteiger partial charge in [-0.1, -0.05) is 20.8 Å². The van der Waals surface area contributed by atoms with Gasteiger partial charge in [0.25, 0.3) is 0 Å². The Morgan fingerprint density at radius 3 is 2.75 bits per heavy atom. The number of thioether (sulfide) groups is 1. The minimum Gasteiger partial charge on any atom is -0.379 e. The first-order valence-corrected chi connectivity index (χ1v) is 6.72. The van der Waals surface area contributed by atoms with Gasteiger partial charge in [-0.05, 0) is 5.41 Å². The molecule has 0 aliphatic carbocycles. The fourth-order valence-corrected chi connectivity index (χ4v) is 2.56. The van der Waals surface area contributed by atoms with Crippen LogP contribution < -0.4 is 10.6 Å². The predicted molar refractivity (Wildman–Crippen MR) is 67.5 cm³/mol. The maximum atomic E-state index is 11.8. The van der Waals surface area contributed by atoms with Crippen LogP contribution in [0.15, 0.2) is 0 Å². The van der Waals surface area contributed by atoms with Gasteiger partial charge >= 0.3 is 0 Å². The molecule has 1 aliphatic rings. The minimum atomic E-state index is -0.0394. The van der Waals surface area contributed by atoms with Gasteiger partial charge in [0, 0.05) is 25.3 Å². The van der Waals surface area contributed by atoms with E-state index in [9.17, 15) is 4.79 Å². The summed E-state index contributed by atoms with van der Waals surface area (Å²) in [5.74, 6) is 1.81. The molecular weight excluding hydrogens is 224 g/mol. The van der Waals surface area contributed by atoms with Crippen molar-refractivity contribution in [3.8, 4) is 0 Å². The van der Waals surface area contributed by atoms with Crippen LogP contribution in [0, 0.1) is 5.41 Å². The largest absolute Gasteiger partial charge is 0.379 e. The number of carbonyl (C=O) groups is 1. The van der Waals surface area contributed by atoms with Crippen LogP contribution in [0.2, 0.25) is 0 Å². The molecule has 94 valence electrons. The second-order valence-corrected chi connectivity index (χ2v) is 6.14. The molecule has 1 aliphatic heterocycles. The van der Waals surface area contributed by atoms with E-state index in [2.05, 4.69) is 31.4 Å². The van der Waals surface area contributed by atoms with E-state index in [4.69, 9.17) is 4.74 Å². The average Bonchev–Trinajstić information content (AvgIpc) is 2.68. The number of ether oxygens (including phenoxy) is 1. The van der Waals surface area contributed by atoms with Crippen LogP contribution in [-0.4, -0.2) is 43.3 Å². The lowest BCUT2D eigenvalue weighted by Crippen LogP contribution is -2.47. The molecule has 0 aromatic heterocycles. The normalized spacial score (nSPS) is 23.1. The maximum absolute atomic E-state index is 11.8. The lowest BCUT2D eigenvalue weighted by molar-refractivity contribution is -0.123. The number of hydrogen-bond acceptors (Lipinski definition) is 4. The Hall–Kier alpha value is -0.260. The first-order valence-electron chi connectivity index (χ1n) is 5.57. The molecule has 1 saturated heterocycles. The Morgan fingerprint density at radius 1 is 1.62 bits per heavy atom. The number of carbonyl (C=O) groups excluding carboxylic acids is 1. The molecule has 0 aromatic carbocycles. The maximum Gasteiger partial charge on any atom is 0.238 e. The number of nitrogens with one attached hydrogen (secondary N) is 2. The van der Waals surface area contributed by atoms with Crippen molar-refractivity contribution in [1.29, 1.82) is 0 Å². The third-order valence-electron chi connectivity index (χ3n) is 2.74. The fourth-order valence-electron chi connectivity index (χ4n) is 1.62. The summed E-state index contributed by atoms with van der Waals surface area (Å²) in [6, 6.07) is -0.0394. The Bertz CT molecular complexity index is 235. The monoisotopic (exact) mass is 246 g/mol. The highest BCUT2D eigenvalue weighted by Crippen LogP contribution is 2.21. The molecule has 16 heavy (non-hydrogen) atoms. The molecule has 0 radical (unpaired) electrons. The van der Waals surface area contributed by atoms with E-state index in [-0.39, 0.29) is 23.5 Å². The highest BCUT2D eigenvalue weighted by atomic mass is 32.2. The fraction of sp³-hybridized carbons (Fsp3) is 0.909. The molecule has 0 spiro atoms. The molecule has 4 nitrogen and oxygen atoms in total. The summed E-state index contributed by atoms with van der Waals surface area (Å²) in [6.45, 7) is 6.90. The lowest BCUT2D eigenvalue weighted by Gasteiger charge is -2.29. The first-order chi connectivity index (χ1) is 7.45. The van der Waals surface area contributed by atoms with Crippen LogP contribution >= 0.6 is 11.8 Å². The molecule has 1 rings (SSSR count). The quantitative estimate of drug-likeness (QED) is 0.771. The Labute approximate surface area is 102 Å². The SMILES string of the molecule is CO[C@@H](CNC(=O)[C@@H]1CSCN1)C(C)(C)C. The second kappa shape index (κ2) is 5.89. The van der Waals surface area contributed by atoms with Crippen LogP contribution in [0.5, 0.6) is 0 Å². The number of rotatable bonds is 4. The van der Waals surface area contributed by atoms with Crippen LogP contribution in [-0.2, 0) is 9.53 Å². The van der Waals surface area contributed by atoms with Gasteiger partial charge < -0.3 is 10.1 Å². The predicted octanol–water partition coefficient (Wildman–Crippen LogP) is 0.826.